The predicted molar refractivity (Wildman–Crippen MR) is 128 cm³/mol. The van der Waals surface area contributed by atoms with Crippen molar-refractivity contribution in [1.29, 1.82) is 0 Å². The van der Waals surface area contributed by atoms with Crippen molar-refractivity contribution in [3.05, 3.63) is 85.8 Å². The second-order valence-electron chi connectivity index (χ2n) is 8.24. The molecule has 5 rings (SSSR count). The Balaban J connectivity index is 1.47. The summed E-state index contributed by atoms with van der Waals surface area (Å²) in [4.78, 5) is 27.8. The van der Waals surface area contributed by atoms with Gasteiger partial charge in [-0.2, -0.15) is 18.3 Å². The zero-order valence-corrected chi connectivity index (χ0v) is 19.9. The van der Waals surface area contributed by atoms with Crippen molar-refractivity contribution in [2.75, 3.05) is 5.32 Å². The van der Waals surface area contributed by atoms with Crippen LogP contribution < -0.4 is 10.1 Å². The number of nitrogens with one attached hydrogen (secondary N) is 1. The first kappa shape index (κ1) is 24.8. The van der Waals surface area contributed by atoms with E-state index in [1.54, 1.807) is 0 Å². The van der Waals surface area contributed by atoms with Crippen LogP contribution in [0.15, 0.2) is 48.5 Å². The largest absolute Gasteiger partial charge is 0.455 e. The Hall–Kier alpha value is -3.90. The van der Waals surface area contributed by atoms with Crippen molar-refractivity contribution < 1.29 is 27.6 Å². The fourth-order valence-corrected chi connectivity index (χ4v) is 4.04. The molecule has 4 aromatic rings. The molecule has 0 saturated heterocycles. The molecule has 1 saturated carbocycles. The molecule has 14 heteroatoms. The van der Waals surface area contributed by atoms with Gasteiger partial charge in [0.2, 0.25) is 0 Å². The summed E-state index contributed by atoms with van der Waals surface area (Å²) < 4.78 is 47.1. The fourth-order valence-electron chi connectivity index (χ4n) is 3.59. The number of carbonyl (C=O) groups excluding carboxylic acids is 1. The lowest BCUT2D eigenvalue weighted by Gasteiger charge is -2.10. The van der Waals surface area contributed by atoms with Crippen LogP contribution in [-0.4, -0.2) is 25.4 Å². The van der Waals surface area contributed by atoms with Crippen LogP contribution in [0.1, 0.15) is 40.6 Å². The molecule has 0 unspecified atom stereocenters. The molecule has 0 bridgehead atoms. The van der Waals surface area contributed by atoms with Gasteiger partial charge >= 0.3 is 6.18 Å². The van der Waals surface area contributed by atoms with E-state index in [1.165, 1.54) is 24.3 Å². The van der Waals surface area contributed by atoms with Gasteiger partial charge in [-0.15, -0.1) is 0 Å². The summed E-state index contributed by atoms with van der Waals surface area (Å²) in [5, 5.41) is 18.1. The summed E-state index contributed by atoms with van der Waals surface area (Å²) >= 11 is 12.0. The zero-order valence-electron chi connectivity index (χ0n) is 18.4. The van der Waals surface area contributed by atoms with Gasteiger partial charge in [0.1, 0.15) is 17.2 Å². The van der Waals surface area contributed by atoms with Crippen LogP contribution >= 0.6 is 23.2 Å². The standard InChI is InChI=1S/C23H14Cl2F3N5O4/c24-12-3-4-19(16(25)5-12)37-15-7-13(6-14(8-15)33(35)36)29-22(34)18-10-21-30-17(11-1-2-11)9-20(23(26,27)28)32(21)31-18/h3-11H,1-2H2,(H,29,34). The number of benzene rings is 2. The molecule has 0 spiro atoms. The Kier molecular flexibility index (Phi) is 6.16. The maximum Gasteiger partial charge on any atom is 0.433 e. The monoisotopic (exact) mass is 551 g/mol. The van der Waals surface area contributed by atoms with Crippen molar-refractivity contribution in [1.82, 2.24) is 14.6 Å². The minimum absolute atomic E-state index is 0.0289. The third-order valence-electron chi connectivity index (χ3n) is 5.45. The predicted octanol–water partition coefficient (Wildman–Crippen LogP) is 6.89. The van der Waals surface area contributed by atoms with E-state index in [9.17, 15) is 28.1 Å². The lowest BCUT2D eigenvalue weighted by Crippen LogP contribution is -2.16. The number of ether oxygens (including phenoxy) is 1. The number of hydrogen-bond acceptors (Lipinski definition) is 6. The molecule has 2 aromatic carbocycles. The number of non-ortho nitro benzene ring substituents is 1. The summed E-state index contributed by atoms with van der Waals surface area (Å²) in [6.07, 6.45) is -3.25. The number of rotatable bonds is 6. The molecule has 1 amide bonds. The molecule has 1 aliphatic rings. The van der Waals surface area contributed by atoms with E-state index in [0.29, 0.717) is 9.54 Å². The highest BCUT2D eigenvalue weighted by Gasteiger charge is 2.37. The van der Waals surface area contributed by atoms with Gasteiger partial charge in [0, 0.05) is 34.8 Å². The summed E-state index contributed by atoms with van der Waals surface area (Å²) in [6, 6.07) is 9.91. The molecule has 190 valence electrons. The van der Waals surface area contributed by atoms with E-state index < -0.39 is 28.4 Å². The average molecular weight is 552 g/mol. The first-order valence-corrected chi connectivity index (χ1v) is 11.4. The first-order chi connectivity index (χ1) is 17.5. The number of nitro groups is 1. The van der Waals surface area contributed by atoms with Gasteiger partial charge in [0.05, 0.1) is 21.7 Å². The molecule has 0 radical (unpaired) electrons. The quantitative estimate of drug-likeness (QED) is 0.206. The van der Waals surface area contributed by atoms with E-state index in [4.69, 9.17) is 27.9 Å². The number of alkyl halides is 3. The van der Waals surface area contributed by atoms with Crippen molar-refractivity contribution in [3.8, 4) is 11.5 Å². The molecule has 1 fully saturated rings. The van der Waals surface area contributed by atoms with Gasteiger partial charge in [-0.25, -0.2) is 9.50 Å². The minimum Gasteiger partial charge on any atom is -0.455 e. The number of hydrogen-bond donors (Lipinski definition) is 1. The maximum absolute atomic E-state index is 13.6. The number of fused-ring (bicyclic) bond motifs is 1. The molecule has 0 atom stereocenters. The molecule has 9 nitrogen and oxygen atoms in total. The number of carbonyl (C=O) groups is 1. The number of aromatic nitrogens is 3. The first-order valence-electron chi connectivity index (χ1n) is 10.7. The topological polar surface area (TPSA) is 112 Å². The molecular weight excluding hydrogens is 538 g/mol. The van der Waals surface area contributed by atoms with Crippen LogP contribution in [0.5, 0.6) is 11.5 Å². The van der Waals surface area contributed by atoms with Gasteiger partial charge in [-0.05, 0) is 37.1 Å². The molecule has 2 aromatic heterocycles. The van der Waals surface area contributed by atoms with Gasteiger partial charge in [0.15, 0.2) is 11.3 Å². The number of amides is 1. The van der Waals surface area contributed by atoms with Crippen LogP contribution in [0.2, 0.25) is 10.0 Å². The Morgan fingerprint density at radius 3 is 2.54 bits per heavy atom. The van der Waals surface area contributed by atoms with E-state index in [0.717, 1.165) is 37.1 Å². The van der Waals surface area contributed by atoms with Crippen LogP contribution in [-0.2, 0) is 6.18 Å². The lowest BCUT2D eigenvalue weighted by atomic mass is 10.2. The second-order valence-corrected chi connectivity index (χ2v) is 9.09. The summed E-state index contributed by atoms with van der Waals surface area (Å²) in [5.41, 5.74) is -1.73. The Labute approximate surface area is 215 Å². The smallest absolute Gasteiger partial charge is 0.433 e. The van der Waals surface area contributed by atoms with Crippen LogP contribution in [0, 0.1) is 10.1 Å². The summed E-state index contributed by atoms with van der Waals surface area (Å²) in [5.74, 6) is -0.835. The number of halogens is 5. The van der Waals surface area contributed by atoms with E-state index in [1.807, 2.05) is 0 Å². The van der Waals surface area contributed by atoms with Gasteiger partial charge in [0.25, 0.3) is 11.6 Å². The normalized spacial score (nSPS) is 13.5. The molecule has 1 aliphatic carbocycles. The highest BCUT2D eigenvalue weighted by molar-refractivity contribution is 6.35. The van der Waals surface area contributed by atoms with Crippen molar-refractivity contribution in [2.45, 2.75) is 24.9 Å². The minimum atomic E-state index is -4.72. The molecular formula is C23H14Cl2F3N5O4. The van der Waals surface area contributed by atoms with Gasteiger partial charge in [-0.3, -0.25) is 14.9 Å². The lowest BCUT2D eigenvalue weighted by molar-refractivity contribution is -0.384. The summed E-state index contributed by atoms with van der Waals surface area (Å²) in [6.45, 7) is 0. The van der Waals surface area contributed by atoms with E-state index in [-0.39, 0.29) is 45.2 Å². The summed E-state index contributed by atoms with van der Waals surface area (Å²) in [7, 11) is 0. The highest BCUT2D eigenvalue weighted by atomic mass is 35.5. The maximum atomic E-state index is 13.6. The van der Waals surface area contributed by atoms with Crippen LogP contribution in [0.4, 0.5) is 24.5 Å². The molecule has 2 heterocycles. The van der Waals surface area contributed by atoms with Crippen LogP contribution in [0.3, 0.4) is 0 Å². The van der Waals surface area contributed by atoms with Gasteiger partial charge in [-0.1, -0.05) is 23.2 Å². The zero-order chi connectivity index (χ0) is 26.5. The number of anilines is 1. The molecule has 0 aliphatic heterocycles. The highest BCUT2D eigenvalue weighted by Crippen LogP contribution is 2.41. The van der Waals surface area contributed by atoms with Crippen LogP contribution in [0.25, 0.3) is 5.65 Å². The van der Waals surface area contributed by atoms with Gasteiger partial charge < -0.3 is 10.1 Å². The van der Waals surface area contributed by atoms with E-state index in [2.05, 4.69) is 15.4 Å². The second kappa shape index (κ2) is 9.20. The van der Waals surface area contributed by atoms with Crippen molar-refractivity contribution >= 4 is 46.1 Å². The SMILES string of the molecule is O=C(Nc1cc(Oc2ccc(Cl)cc2Cl)cc([N+](=O)[O-])c1)c1cc2nc(C3CC3)cc(C(F)(F)F)n2n1. The third kappa shape index (κ3) is 5.30. The Morgan fingerprint density at radius 1 is 1.14 bits per heavy atom. The van der Waals surface area contributed by atoms with E-state index >= 15 is 0 Å². The third-order valence-corrected chi connectivity index (χ3v) is 5.98. The fraction of sp³-hybridized carbons (Fsp3) is 0.174. The van der Waals surface area contributed by atoms with Crippen molar-refractivity contribution in [2.24, 2.45) is 0 Å². The molecule has 1 N–H and O–H groups in total. The Morgan fingerprint density at radius 2 is 1.89 bits per heavy atom. The number of nitro benzene ring substituents is 1. The molecule has 37 heavy (non-hydrogen) atoms. The average Bonchev–Trinajstić information content (AvgIpc) is 3.58. The Bertz CT molecular complexity index is 1570. The number of nitrogens with zero attached hydrogens (tertiary/aromatic N) is 4. The van der Waals surface area contributed by atoms with Crippen molar-refractivity contribution in [3.63, 3.8) is 0 Å².